The number of nitrogens with two attached hydrogens (primary N) is 1. The fraction of sp³-hybridized carbons (Fsp3) is 0.167. The van der Waals surface area contributed by atoms with Crippen molar-refractivity contribution >= 4 is 23.1 Å². The first-order chi connectivity index (χ1) is 12.8. The van der Waals surface area contributed by atoms with Crippen LogP contribution in [0.1, 0.15) is 13.8 Å². The zero-order valence-electron chi connectivity index (χ0n) is 14.6. The Morgan fingerprint density at radius 1 is 0.889 bits per heavy atom. The molecule has 4 N–H and O–H groups in total. The fourth-order valence-corrected chi connectivity index (χ4v) is 2.37. The molecule has 3 rings (SSSR count). The van der Waals surface area contributed by atoms with Crippen LogP contribution in [0.4, 0.5) is 36.3 Å². The average Bonchev–Trinajstić information content (AvgIpc) is 2.55. The van der Waals surface area contributed by atoms with Crippen LogP contribution in [-0.2, 0) is 0 Å². The van der Waals surface area contributed by atoms with Gasteiger partial charge in [-0.2, -0.15) is 0 Å². The topological polar surface area (TPSA) is 88.8 Å². The van der Waals surface area contributed by atoms with Crippen LogP contribution in [0.2, 0.25) is 0 Å². The summed E-state index contributed by atoms with van der Waals surface area (Å²) < 4.78 is 41.0. The van der Waals surface area contributed by atoms with E-state index in [1.54, 1.807) is 0 Å². The van der Waals surface area contributed by atoms with Gasteiger partial charge in [0.05, 0.1) is 0 Å². The number of nitrogens with zero attached hydrogens (tertiary/aromatic N) is 3. The fourth-order valence-electron chi connectivity index (χ4n) is 2.37. The smallest absolute Gasteiger partial charge is 0.185 e. The van der Waals surface area contributed by atoms with E-state index in [1.807, 2.05) is 13.8 Å². The lowest BCUT2D eigenvalue weighted by molar-refractivity contribution is 0.584. The molecule has 9 heteroatoms. The molecule has 0 bridgehead atoms. The lowest BCUT2D eigenvalue weighted by Gasteiger charge is -2.13. The Morgan fingerprint density at radius 3 is 2.22 bits per heavy atom. The van der Waals surface area contributed by atoms with Crippen molar-refractivity contribution in [1.29, 1.82) is 0 Å². The van der Waals surface area contributed by atoms with E-state index in [4.69, 9.17) is 5.73 Å². The van der Waals surface area contributed by atoms with E-state index in [0.717, 1.165) is 18.2 Å². The van der Waals surface area contributed by atoms with Gasteiger partial charge in [0.15, 0.2) is 11.6 Å². The van der Waals surface area contributed by atoms with Crippen molar-refractivity contribution in [2.75, 3.05) is 16.4 Å². The van der Waals surface area contributed by atoms with Crippen molar-refractivity contribution in [3.63, 3.8) is 0 Å². The standard InChI is InChI=1S/C18H17F3N6/c1-9(2)23-15-8-16(24-12-6-10(19)5-11(20)7-12)27-18(26-15)17-13(21)3-4-14(22)25-17/h3-9H,1-2H3,(H2,22,25)(H2,23,24,26,27). The van der Waals surface area contributed by atoms with E-state index in [1.165, 1.54) is 18.2 Å². The van der Waals surface area contributed by atoms with Crippen LogP contribution in [0, 0.1) is 17.5 Å². The van der Waals surface area contributed by atoms with Crippen molar-refractivity contribution in [3.8, 4) is 11.5 Å². The third kappa shape index (κ3) is 4.63. The van der Waals surface area contributed by atoms with E-state index in [2.05, 4.69) is 25.6 Å². The van der Waals surface area contributed by atoms with Gasteiger partial charge >= 0.3 is 0 Å². The van der Waals surface area contributed by atoms with Crippen LogP contribution in [0.5, 0.6) is 0 Å². The first-order valence-electron chi connectivity index (χ1n) is 8.11. The third-order valence-electron chi connectivity index (χ3n) is 3.38. The van der Waals surface area contributed by atoms with Crippen molar-refractivity contribution in [1.82, 2.24) is 15.0 Å². The molecule has 0 aliphatic heterocycles. The maximum Gasteiger partial charge on any atom is 0.185 e. The van der Waals surface area contributed by atoms with Crippen LogP contribution >= 0.6 is 0 Å². The van der Waals surface area contributed by atoms with E-state index in [-0.39, 0.29) is 34.9 Å². The highest BCUT2D eigenvalue weighted by Crippen LogP contribution is 2.25. The number of hydrogen-bond donors (Lipinski definition) is 3. The number of nitrogens with one attached hydrogen (secondary N) is 2. The maximum absolute atomic E-state index is 14.2. The number of rotatable bonds is 5. The molecule has 0 radical (unpaired) electrons. The molecule has 0 fully saturated rings. The van der Waals surface area contributed by atoms with Crippen LogP contribution in [-0.4, -0.2) is 21.0 Å². The van der Waals surface area contributed by atoms with Gasteiger partial charge < -0.3 is 16.4 Å². The molecule has 2 heterocycles. The molecule has 0 unspecified atom stereocenters. The summed E-state index contributed by atoms with van der Waals surface area (Å²) >= 11 is 0. The van der Waals surface area contributed by atoms with E-state index < -0.39 is 17.5 Å². The number of halogens is 3. The molecular weight excluding hydrogens is 357 g/mol. The van der Waals surface area contributed by atoms with E-state index in [9.17, 15) is 13.2 Å². The lowest BCUT2D eigenvalue weighted by atomic mass is 10.3. The quantitative estimate of drug-likeness (QED) is 0.623. The van der Waals surface area contributed by atoms with Gasteiger partial charge in [0, 0.05) is 23.9 Å². The first-order valence-corrected chi connectivity index (χ1v) is 8.11. The van der Waals surface area contributed by atoms with Gasteiger partial charge in [-0.15, -0.1) is 0 Å². The summed E-state index contributed by atoms with van der Waals surface area (Å²) in [5, 5.41) is 5.87. The summed E-state index contributed by atoms with van der Waals surface area (Å²) in [5.41, 5.74) is 5.65. The second-order valence-electron chi connectivity index (χ2n) is 6.11. The second kappa shape index (κ2) is 7.48. The molecule has 140 valence electrons. The Bertz CT molecular complexity index is 957. The Kier molecular flexibility index (Phi) is 5.11. The summed E-state index contributed by atoms with van der Waals surface area (Å²) in [6.45, 7) is 3.80. The highest BCUT2D eigenvalue weighted by molar-refractivity contribution is 5.64. The predicted molar refractivity (Wildman–Crippen MR) is 98.0 cm³/mol. The molecular formula is C18H17F3N6. The van der Waals surface area contributed by atoms with Gasteiger partial charge in [-0.1, -0.05) is 0 Å². The van der Waals surface area contributed by atoms with Crippen molar-refractivity contribution in [2.24, 2.45) is 0 Å². The van der Waals surface area contributed by atoms with Gasteiger partial charge in [-0.3, -0.25) is 0 Å². The number of pyridine rings is 1. The lowest BCUT2D eigenvalue weighted by Crippen LogP contribution is -2.13. The number of benzene rings is 1. The van der Waals surface area contributed by atoms with Crippen molar-refractivity contribution in [3.05, 3.63) is 53.8 Å². The average molecular weight is 374 g/mol. The first kappa shape index (κ1) is 18.4. The number of aromatic nitrogens is 3. The summed E-state index contributed by atoms with van der Waals surface area (Å²) in [7, 11) is 0. The summed E-state index contributed by atoms with van der Waals surface area (Å²) in [5.74, 6) is -1.45. The highest BCUT2D eigenvalue weighted by Gasteiger charge is 2.14. The molecule has 0 saturated carbocycles. The van der Waals surface area contributed by atoms with E-state index in [0.29, 0.717) is 5.82 Å². The molecule has 0 aliphatic carbocycles. The Balaban J connectivity index is 2.06. The van der Waals surface area contributed by atoms with Crippen molar-refractivity contribution in [2.45, 2.75) is 19.9 Å². The molecule has 0 atom stereocenters. The zero-order chi connectivity index (χ0) is 19.6. The van der Waals surface area contributed by atoms with Crippen LogP contribution in [0.25, 0.3) is 11.5 Å². The number of nitrogen functional groups attached to an aromatic ring is 1. The summed E-state index contributed by atoms with van der Waals surface area (Å²) in [4.78, 5) is 12.4. The molecule has 3 aromatic rings. The number of hydrogen-bond acceptors (Lipinski definition) is 6. The molecule has 0 spiro atoms. The van der Waals surface area contributed by atoms with Crippen LogP contribution in [0.3, 0.4) is 0 Å². The molecule has 27 heavy (non-hydrogen) atoms. The molecule has 1 aromatic carbocycles. The Morgan fingerprint density at radius 2 is 1.56 bits per heavy atom. The second-order valence-corrected chi connectivity index (χ2v) is 6.11. The Labute approximate surface area is 153 Å². The van der Waals surface area contributed by atoms with Crippen molar-refractivity contribution < 1.29 is 13.2 Å². The van der Waals surface area contributed by atoms with Gasteiger partial charge in [0.25, 0.3) is 0 Å². The van der Waals surface area contributed by atoms with Gasteiger partial charge in [0.1, 0.15) is 34.8 Å². The Hall–Kier alpha value is -3.36. The SMILES string of the molecule is CC(C)Nc1cc(Nc2cc(F)cc(F)c2)nc(-c2nc(N)ccc2F)n1. The minimum Gasteiger partial charge on any atom is -0.384 e. The molecule has 6 nitrogen and oxygen atoms in total. The molecule has 2 aromatic heterocycles. The minimum absolute atomic E-state index is 0.0233. The molecule has 0 saturated heterocycles. The van der Waals surface area contributed by atoms with E-state index >= 15 is 0 Å². The summed E-state index contributed by atoms with van der Waals surface area (Å²) in [6, 6.07) is 7.04. The van der Waals surface area contributed by atoms with Crippen LogP contribution < -0.4 is 16.4 Å². The number of anilines is 4. The monoisotopic (exact) mass is 374 g/mol. The zero-order valence-corrected chi connectivity index (χ0v) is 14.6. The van der Waals surface area contributed by atoms with Gasteiger partial charge in [0.2, 0.25) is 0 Å². The molecule has 0 aliphatic rings. The third-order valence-corrected chi connectivity index (χ3v) is 3.38. The normalized spacial score (nSPS) is 10.9. The largest absolute Gasteiger partial charge is 0.384 e. The summed E-state index contributed by atoms with van der Waals surface area (Å²) in [6.07, 6.45) is 0. The van der Waals surface area contributed by atoms with Gasteiger partial charge in [-0.25, -0.2) is 28.1 Å². The predicted octanol–water partition coefficient (Wildman–Crippen LogP) is 4.10. The maximum atomic E-state index is 14.2. The molecule has 0 amide bonds. The minimum atomic E-state index is -0.740. The highest BCUT2D eigenvalue weighted by atomic mass is 19.1. The van der Waals surface area contributed by atoms with Crippen LogP contribution in [0.15, 0.2) is 36.4 Å². The van der Waals surface area contributed by atoms with Gasteiger partial charge in [-0.05, 0) is 38.1 Å².